The van der Waals surface area contributed by atoms with Crippen molar-refractivity contribution in [3.05, 3.63) is 134 Å². The van der Waals surface area contributed by atoms with E-state index < -0.39 is 0 Å². The van der Waals surface area contributed by atoms with Crippen molar-refractivity contribution in [1.29, 1.82) is 0 Å². The van der Waals surface area contributed by atoms with Gasteiger partial charge in [0, 0.05) is 85.5 Å². The van der Waals surface area contributed by atoms with Gasteiger partial charge in [-0.3, -0.25) is 9.59 Å². The van der Waals surface area contributed by atoms with Crippen LogP contribution in [0.25, 0.3) is 16.6 Å². The fourth-order valence-electron chi connectivity index (χ4n) is 6.58. The molecule has 0 bridgehead atoms. The van der Waals surface area contributed by atoms with Gasteiger partial charge in [-0.2, -0.15) is 14.8 Å². The van der Waals surface area contributed by atoms with E-state index in [0.717, 1.165) is 27.8 Å². The maximum Gasteiger partial charge on any atom is 0.286 e. The van der Waals surface area contributed by atoms with E-state index in [2.05, 4.69) is 43.0 Å². The molecule has 342 valence electrons. The van der Waals surface area contributed by atoms with E-state index in [-0.39, 0.29) is 51.3 Å². The van der Waals surface area contributed by atoms with Gasteiger partial charge in [-0.05, 0) is 66.7 Å². The zero-order valence-electron chi connectivity index (χ0n) is 36.2. The summed E-state index contributed by atoms with van der Waals surface area (Å²) in [5.41, 5.74) is 6.56. The number of azo groups is 2. The van der Waals surface area contributed by atoms with Crippen LogP contribution in [0.15, 0.2) is 149 Å². The summed E-state index contributed by atoms with van der Waals surface area (Å²) in [6, 6.07) is 31.9. The number of aliphatic hydroxyl groups excluding tert-OH is 4. The third-order valence-electron chi connectivity index (χ3n) is 9.69. The van der Waals surface area contributed by atoms with Crippen LogP contribution in [0.4, 0.5) is 34.1 Å². The molecule has 65 heavy (non-hydrogen) atoms. The summed E-state index contributed by atoms with van der Waals surface area (Å²) in [6.45, 7) is 6.60. The number of nitrogens with one attached hydrogen (secondary N) is 3. The number of aliphatic hydroxyl groups is 4. The van der Waals surface area contributed by atoms with Gasteiger partial charge in [-0.1, -0.05) is 64.6 Å². The number of fused-ring (bicyclic) bond motifs is 1. The first-order valence-electron chi connectivity index (χ1n) is 21.2. The van der Waals surface area contributed by atoms with Crippen molar-refractivity contribution in [2.24, 2.45) is 20.5 Å². The Balaban J connectivity index is 1.01. The molecule has 0 saturated carbocycles. The van der Waals surface area contributed by atoms with Crippen molar-refractivity contribution in [3.63, 3.8) is 0 Å². The minimum atomic E-state index is -0.154. The number of pyridine rings is 1. The van der Waals surface area contributed by atoms with Crippen molar-refractivity contribution >= 4 is 84.1 Å². The third-order valence-corrected chi connectivity index (χ3v) is 12.1. The lowest BCUT2D eigenvalue weighted by molar-refractivity contribution is -0.658. The van der Waals surface area contributed by atoms with Gasteiger partial charge in [0.2, 0.25) is 18.0 Å². The van der Waals surface area contributed by atoms with Crippen molar-refractivity contribution in [2.75, 3.05) is 98.9 Å². The average molecular weight is 922 g/mol. The van der Waals surface area contributed by atoms with E-state index in [1.807, 2.05) is 124 Å². The van der Waals surface area contributed by atoms with Gasteiger partial charge in [0.25, 0.3) is 5.91 Å². The summed E-state index contributed by atoms with van der Waals surface area (Å²) in [6.07, 6.45) is 5.21. The number of hydrogen-bond donors (Lipinski definition) is 7. The van der Waals surface area contributed by atoms with Crippen LogP contribution in [0.3, 0.4) is 0 Å². The highest BCUT2D eigenvalue weighted by Gasteiger charge is 2.16. The number of para-hydroxylation sites is 2. The first kappa shape index (κ1) is 49.9. The number of carbonyl (C=O) groups excluding carboxylic acids is 2. The summed E-state index contributed by atoms with van der Waals surface area (Å²) >= 11 is 0. The monoisotopic (exact) mass is 921 g/mol. The summed E-state index contributed by atoms with van der Waals surface area (Å²) in [5.74, 6) is 1.13. The molecular formula is C47H57N10O6S2+. The molecule has 0 fully saturated rings. The molecule has 0 unspecified atom stereocenters. The SMILES string of the molecule is C=C/C=C(/N=Nc1ccc(N(CCO)CCO)cc1)c1ccccc1NCC(=O)NCCSSCCNC(=O)C[n+]1ccc(N=Nc2ccc(N(CCO)CCO)cc2)c2ccccc21. The molecule has 5 aromatic rings. The van der Waals surface area contributed by atoms with Crippen LogP contribution in [0, 0.1) is 0 Å². The van der Waals surface area contributed by atoms with Crippen LogP contribution in [-0.4, -0.2) is 116 Å². The van der Waals surface area contributed by atoms with E-state index in [1.165, 1.54) is 0 Å². The highest BCUT2D eigenvalue weighted by molar-refractivity contribution is 8.76. The Morgan fingerprint density at radius 3 is 1.82 bits per heavy atom. The van der Waals surface area contributed by atoms with E-state index in [9.17, 15) is 30.0 Å². The number of aromatic nitrogens is 1. The Morgan fingerprint density at radius 2 is 1.22 bits per heavy atom. The molecule has 16 nitrogen and oxygen atoms in total. The quantitative estimate of drug-likeness (QED) is 0.00993. The highest BCUT2D eigenvalue weighted by atomic mass is 33.1. The molecule has 5 rings (SSSR count). The lowest BCUT2D eigenvalue weighted by atomic mass is 10.1. The van der Waals surface area contributed by atoms with Gasteiger partial charge >= 0.3 is 0 Å². The van der Waals surface area contributed by atoms with Crippen LogP contribution < -0.4 is 30.3 Å². The smallest absolute Gasteiger partial charge is 0.286 e. The topological polar surface area (TPSA) is 211 Å². The molecule has 0 aliphatic carbocycles. The molecule has 4 aromatic carbocycles. The molecule has 18 heteroatoms. The standard InChI is InChI=1S/C47H56N10O6S2/c1-2-7-43(53-51-36-12-16-38(17-13-36)55(24-28-58)25-29-59)40-8-3-5-10-42(40)50-34-46(62)48-21-32-64-65-33-22-49-47(63)35-57-23-20-44(41-9-4-6-11-45(41)57)54-52-37-14-18-39(19-15-37)56(26-30-60)27-31-61/h2-20,23,50,58-61H,1,21-22,24-35H2,(H-,48,49,62,63)/p+1/b43-7+,53-51?. The van der Waals surface area contributed by atoms with E-state index in [0.29, 0.717) is 79.2 Å². The van der Waals surface area contributed by atoms with Crippen LogP contribution >= 0.6 is 21.6 Å². The minimum absolute atomic E-state index is 0.0133. The predicted octanol–water partition coefficient (Wildman–Crippen LogP) is 6.16. The summed E-state index contributed by atoms with van der Waals surface area (Å²) in [5, 5.41) is 65.2. The Hall–Kier alpha value is -6.15. The number of rotatable bonds is 28. The Bertz CT molecular complexity index is 2350. The van der Waals surface area contributed by atoms with Crippen LogP contribution in [0.1, 0.15) is 5.56 Å². The Kier molecular flexibility index (Phi) is 21.4. The lowest BCUT2D eigenvalue weighted by Crippen LogP contribution is -2.43. The maximum atomic E-state index is 12.9. The number of allylic oxidation sites excluding steroid dienone is 2. The van der Waals surface area contributed by atoms with E-state index in [4.69, 9.17) is 0 Å². The third kappa shape index (κ3) is 16.1. The molecule has 1 heterocycles. The second-order valence-electron chi connectivity index (χ2n) is 14.2. The van der Waals surface area contributed by atoms with Gasteiger partial charge in [0.15, 0.2) is 6.20 Å². The molecule has 0 radical (unpaired) electrons. The highest BCUT2D eigenvalue weighted by Crippen LogP contribution is 2.29. The van der Waals surface area contributed by atoms with Crippen LogP contribution in [0.5, 0.6) is 0 Å². The number of nitrogens with zero attached hydrogens (tertiary/aromatic N) is 7. The van der Waals surface area contributed by atoms with Gasteiger partial charge < -0.3 is 46.2 Å². The van der Waals surface area contributed by atoms with Crippen LogP contribution in [-0.2, 0) is 16.1 Å². The largest absolute Gasteiger partial charge is 0.395 e. The van der Waals surface area contributed by atoms with Crippen LogP contribution in [0.2, 0.25) is 0 Å². The molecular weight excluding hydrogens is 865 g/mol. The second-order valence-corrected chi connectivity index (χ2v) is 16.9. The molecule has 0 aliphatic rings. The fourth-order valence-corrected chi connectivity index (χ4v) is 8.40. The van der Waals surface area contributed by atoms with Crippen molar-refractivity contribution < 1.29 is 34.6 Å². The van der Waals surface area contributed by atoms with Gasteiger partial charge in [-0.25, -0.2) is 0 Å². The molecule has 2 amide bonds. The molecule has 0 atom stereocenters. The zero-order valence-corrected chi connectivity index (χ0v) is 37.8. The molecule has 0 spiro atoms. The Morgan fingerprint density at radius 1 is 0.662 bits per heavy atom. The van der Waals surface area contributed by atoms with Crippen molar-refractivity contribution in [1.82, 2.24) is 10.6 Å². The minimum Gasteiger partial charge on any atom is -0.395 e. The van der Waals surface area contributed by atoms with Crippen molar-refractivity contribution in [3.8, 4) is 0 Å². The van der Waals surface area contributed by atoms with Gasteiger partial charge in [-0.15, -0.1) is 10.2 Å². The van der Waals surface area contributed by atoms with E-state index in [1.54, 1.807) is 33.7 Å². The molecule has 7 N–H and O–H groups in total. The Labute approximate surface area is 387 Å². The summed E-state index contributed by atoms with van der Waals surface area (Å²) < 4.78 is 1.88. The fraction of sp³-hybridized carbons (Fsp3) is 0.298. The normalized spacial score (nSPS) is 11.6. The number of hydrogen-bond acceptors (Lipinski definition) is 15. The number of anilines is 3. The predicted molar refractivity (Wildman–Crippen MR) is 263 cm³/mol. The zero-order chi connectivity index (χ0) is 46.1. The number of carbonyl (C=O) groups is 2. The molecule has 1 aromatic heterocycles. The molecule has 0 aliphatic heterocycles. The van der Waals surface area contributed by atoms with Crippen molar-refractivity contribution in [2.45, 2.75) is 6.54 Å². The average Bonchev–Trinajstić information content (AvgIpc) is 3.33. The number of benzene rings is 4. The lowest BCUT2D eigenvalue weighted by Gasteiger charge is -2.22. The van der Waals surface area contributed by atoms with Gasteiger partial charge in [0.1, 0.15) is 5.69 Å². The molecule has 0 saturated heterocycles. The van der Waals surface area contributed by atoms with E-state index >= 15 is 0 Å². The first-order chi connectivity index (χ1) is 31.9. The summed E-state index contributed by atoms with van der Waals surface area (Å²) in [7, 11) is 3.25. The maximum absolute atomic E-state index is 12.9. The first-order valence-corrected chi connectivity index (χ1v) is 23.7. The number of amides is 2. The van der Waals surface area contributed by atoms with Gasteiger partial charge in [0.05, 0.1) is 55.4 Å². The summed E-state index contributed by atoms with van der Waals surface area (Å²) in [4.78, 5) is 29.4. The second kappa shape index (κ2) is 27.9.